The smallest absolute Gasteiger partial charge is 0.262 e. The summed E-state index contributed by atoms with van der Waals surface area (Å²) in [5.41, 5.74) is 2.10. The summed E-state index contributed by atoms with van der Waals surface area (Å²) in [6.45, 7) is 3.50. The van der Waals surface area contributed by atoms with Crippen molar-refractivity contribution in [3.05, 3.63) is 53.1 Å². The molecule has 0 spiro atoms. The molecule has 2 amide bonds. The van der Waals surface area contributed by atoms with E-state index in [0.29, 0.717) is 28.6 Å². The van der Waals surface area contributed by atoms with Crippen LogP contribution in [-0.4, -0.2) is 18.4 Å². The Balaban J connectivity index is 1.97. The van der Waals surface area contributed by atoms with E-state index in [4.69, 9.17) is 16.3 Å². The van der Waals surface area contributed by atoms with Crippen LogP contribution in [0.5, 0.6) is 5.75 Å². The third-order valence-corrected chi connectivity index (χ3v) is 3.64. The molecule has 2 rings (SSSR count). The molecule has 5 nitrogen and oxygen atoms in total. The van der Waals surface area contributed by atoms with E-state index in [0.717, 1.165) is 5.56 Å². The van der Waals surface area contributed by atoms with Gasteiger partial charge in [0.25, 0.3) is 5.91 Å². The minimum Gasteiger partial charge on any atom is -0.484 e. The molecular formula is C18H19ClN2O3. The van der Waals surface area contributed by atoms with Gasteiger partial charge in [0.1, 0.15) is 5.75 Å². The number of rotatable bonds is 6. The van der Waals surface area contributed by atoms with E-state index in [1.165, 1.54) is 0 Å². The van der Waals surface area contributed by atoms with Crippen molar-refractivity contribution < 1.29 is 14.3 Å². The summed E-state index contributed by atoms with van der Waals surface area (Å²) in [7, 11) is 0. The van der Waals surface area contributed by atoms with Crippen LogP contribution in [0.1, 0.15) is 18.9 Å². The minimum absolute atomic E-state index is 0.0763. The van der Waals surface area contributed by atoms with Crippen molar-refractivity contribution in [2.45, 2.75) is 20.3 Å². The first-order valence-electron chi connectivity index (χ1n) is 7.57. The highest BCUT2D eigenvalue weighted by Gasteiger charge is 2.10. The SMILES string of the molecule is CCC(=O)Nc1cccc(NC(=O)COc2ccc(Cl)cc2)c1C. The second-order valence-corrected chi connectivity index (χ2v) is 5.61. The summed E-state index contributed by atoms with van der Waals surface area (Å²) >= 11 is 5.80. The number of benzene rings is 2. The number of hydrogen-bond acceptors (Lipinski definition) is 3. The molecule has 6 heteroatoms. The van der Waals surface area contributed by atoms with Crippen LogP contribution in [0.4, 0.5) is 11.4 Å². The highest BCUT2D eigenvalue weighted by molar-refractivity contribution is 6.30. The Kier molecular flexibility index (Phi) is 6.21. The predicted octanol–water partition coefficient (Wildman–Crippen LogP) is 4.01. The average Bonchev–Trinajstić information content (AvgIpc) is 2.58. The minimum atomic E-state index is -0.285. The van der Waals surface area contributed by atoms with E-state index in [-0.39, 0.29) is 18.4 Å². The summed E-state index contributed by atoms with van der Waals surface area (Å²) in [5.74, 6) is 0.204. The summed E-state index contributed by atoms with van der Waals surface area (Å²) < 4.78 is 5.41. The molecule has 24 heavy (non-hydrogen) atoms. The van der Waals surface area contributed by atoms with Gasteiger partial charge in [-0.25, -0.2) is 0 Å². The van der Waals surface area contributed by atoms with Crippen molar-refractivity contribution >= 4 is 34.8 Å². The van der Waals surface area contributed by atoms with Crippen molar-refractivity contribution in [2.24, 2.45) is 0 Å². The van der Waals surface area contributed by atoms with Crippen LogP contribution in [0.2, 0.25) is 5.02 Å². The fourth-order valence-corrected chi connectivity index (χ4v) is 2.14. The van der Waals surface area contributed by atoms with Crippen molar-refractivity contribution in [3.63, 3.8) is 0 Å². The largest absolute Gasteiger partial charge is 0.484 e. The highest BCUT2D eigenvalue weighted by atomic mass is 35.5. The van der Waals surface area contributed by atoms with E-state index in [1.807, 2.05) is 6.92 Å². The predicted molar refractivity (Wildman–Crippen MR) is 95.7 cm³/mol. The Hall–Kier alpha value is -2.53. The van der Waals surface area contributed by atoms with Crippen LogP contribution < -0.4 is 15.4 Å². The Morgan fingerprint density at radius 2 is 1.58 bits per heavy atom. The van der Waals surface area contributed by atoms with Crippen LogP contribution in [0.25, 0.3) is 0 Å². The quantitative estimate of drug-likeness (QED) is 0.830. The summed E-state index contributed by atoms with van der Waals surface area (Å²) in [6.07, 6.45) is 0.394. The van der Waals surface area contributed by atoms with Gasteiger partial charge < -0.3 is 15.4 Å². The second kappa shape index (κ2) is 8.36. The van der Waals surface area contributed by atoms with Gasteiger partial charge in [-0.3, -0.25) is 9.59 Å². The molecule has 0 aliphatic heterocycles. The zero-order valence-corrected chi connectivity index (χ0v) is 14.3. The fourth-order valence-electron chi connectivity index (χ4n) is 2.01. The van der Waals surface area contributed by atoms with E-state index in [1.54, 1.807) is 49.4 Å². The molecule has 0 saturated heterocycles. The lowest BCUT2D eigenvalue weighted by atomic mass is 10.1. The van der Waals surface area contributed by atoms with Gasteiger partial charge in [-0.1, -0.05) is 24.6 Å². The van der Waals surface area contributed by atoms with E-state index in [9.17, 15) is 9.59 Å². The third kappa shape index (κ3) is 4.99. The third-order valence-electron chi connectivity index (χ3n) is 3.39. The van der Waals surface area contributed by atoms with E-state index < -0.39 is 0 Å². The molecule has 0 atom stereocenters. The molecular weight excluding hydrogens is 328 g/mol. The number of carbonyl (C=O) groups is 2. The molecule has 2 N–H and O–H groups in total. The Bertz CT molecular complexity index is 730. The molecule has 0 aliphatic rings. The first-order valence-corrected chi connectivity index (χ1v) is 7.95. The first kappa shape index (κ1) is 17.8. The maximum absolute atomic E-state index is 12.0. The van der Waals surface area contributed by atoms with Crippen LogP contribution in [0.15, 0.2) is 42.5 Å². The Morgan fingerprint density at radius 3 is 2.17 bits per heavy atom. The summed E-state index contributed by atoms with van der Waals surface area (Å²) in [4.78, 5) is 23.6. The first-order chi connectivity index (χ1) is 11.5. The van der Waals surface area contributed by atoms with Gasteiger partial charge in [-0.15, -0.1) is 0 Å². The van der Waals surface area contributed by atoms with Crippen molar-refractivity contribution in [1.82, 2.24) is 0 Å². The van der Waals surface area contributed by atoms with Gasteiger partial charge >= 0.3 is 0 Å². The van der Waals surface area contributed by atoms with Crippen molar-refractivity contribution in [3.8, 4) is 5.75 Å². The van der Waals surface area contributed by atoms with Gasteiger partial charge in [0.05, 0.1) is 0 Å². The maximum Gasteiger partial charge on any atom is 0.262 e. The second-order valence-electron chi connectivity index (χ2n) is 5.17. The average molecular weight is 347 g/mol. The number of amides is 2. The standard InChI is InChI=1S/C18H19ClN2O3/c1-3-17(22)20-15-5-4-6-16(12(15)2)21-18(23)11-24-14-9-7-13(19)8-10-14/h4-10H,3,11H2,1-2H3,(H,20,22)(H,21,23). The topological polar surface area (TPSA) is 67.4 Å². The number of nitrogens with one attached hydrogen (secondary N) is 2. The lowest BCUT2D eigenvalue weighted by molar-refractivity contribution is -0.118. The number of halogens is 1. The molecule has 0 heterocycles. The van der Waals surface area contributed by atoms with Crippen molar-refractivity contribution in [1.29, 1.82) is 0 Å². The number of hydrogen-bond donors (Lipinski definition) is 2. The monoisotopic (exact) mass is 346 g/mol. The number of ether oxygens (including phenoxy) is 1. The van der Waals surface area contributed by atoms with Gasteiger partial charge in [0.2, 0.25) is 5.91 Å². The van der Waals surface area contributed by atoms with Gasteiger partial charge in [0.15, 0.2) is 6.61 Å². The lowest BCUT2D eigenvalue weighted by Crippen LogP contribution is -2.21. The van der Waals surface area contributed by atoms with Gasteiger partial charge in [0, 0.05) is 22.8 Å². The van der Waals surface area contributed by atoms with Crippen LogP contribution in [-0.2, 0) is 9.59 Å². The van der Waals surface area contributed by atoms with Crippen LogP contribution >= 0.6 is 11.6 Å². The zero-order valence-electron chi connectivity index (χ0n) is 13.6. The Morgan fingerprint density at radius 1 is 1.00 bits per heavy atom. The van der Waals surface area contributed by atoms with E-state index in [2.05, 4.69) is 10.6 Å². The summed E-state index contributed by atoms with van der Waals surface area (Å²) in [6, 6.07) is 12.1. The highest BCUT2D eigenvalue weighted by Crippen LogP contribution is 2.23. The lowest BCUT2D eigenvalue weighted by Gasteiger charge is -2.13. The molecule has 0 aliphatic carbocycles. The molecule has 0 aromatic heterocycles. The van der Waals surface area contributed by atoms with E-state index >= 15 is 0 Å². The molecule has 0 radical (unpaired) electrons. The van der Waals surface area contributed by atoms with Gasteiger partial charge in [-0.05, 0) is 48.9 Å². The summed E-state index contributed by atoms with van der Waals surface area (Å²) in [5, 5.41) is 6.19. The molecule has 2 aromatic carbocycles. The van der Waals surface area contributed by atoms with Crippen molar-refractivity contribution in [2.75, 3.05) is 17.2 Å². The van der Waals surface area contributed by atoms with Crippen LogP contribution in [0, 0.1) is 6.92 Å². The fraction of sp³-hybridized carbons (Fsp3) is 0.222. The number of carbonyl (C=O) groups excluding carboxylic acids is 2. The molecule has 0 unspecified atom stereocenters. The molecule has 2 aromatic rings. The normalized spacial score (nSPS) is 10.1. The van der Waals surface area contributed by atoms with Crippen LogP contribution in [0.3, 0.4) is 0 Å². The molecule has 0 fully saturated rings. The number of anilines is 2. The van der Waals surface area contributed by atoms with Gasteiger partial charge in [-0.2, -0.15) is 0 Å². The Labute approximate surface area is 146 Å². The molecule has 126 valence electrons. The maximum atomic E-state index is 12.0. The molecule has 0 bridgehead atoms. The molecule has 0 saturated carbocycles. The zero-order chi connectivity index (χ0) is 17.5.